The van der Waals surface area contributed by atoms with E-state index in [1.807, 2.05) is 12.1 Å². The molecule has 138 valence electrons. The van der Waals surface area contributed by atoms with Gasteiger partial charge in [-0.05, 0) is 43.2 Å². The Balaban J connectivity index is 1.79. The van der Waals surface area contributed by atoms with E-state index in [9.17, 15) is 9.59 Å². The lowest BCUT2D eigenvalue weighted by atomic mass is 10.1. The fourth-order valence-electron chi connectivity index (χ4n) is 2.46. The zero-order valence-corrected chi connectivity index (χ0v) is 15.4. The summed E-state index contributed by atoms with van der Waals surface area (Å²) in [4.78, 5) is 29.3. The fraction of sp³-hybridized carbons (Fsp3) is 0.350. The molecule has 2 aromatic rings. The van der Waals surface area contributed by atoms with E-state index in [-0.39, 0.29) is 11.7 Å². The number of aromatic nitrogens is 1. The third-order valence-electron chi connectivity index (χ3n) is 3.93. The molecule has 0 radical (unpaired) electrons. The van der Waals surface area contributed by atoms with Gasteiger partial charge < -0.3 is 14.4 Å². The molecule has 0 bridgehead atoms. The van der Waals surface area contributed by atoms with Crippen molar-refractivity contribution in [2.45, 2.75) is 26.3 Å². The molecule has 0 aliphatic heterocycles. The van der Waals surface area contributed by atoms with Crippen LogP contribution in [0.2, 0.25) is 0 Å². The number of nitrogens with zero attached hydrogens (tertiary/aromatic N) is 2. The van der Waals surface area contributed by atoms with Gasteiger partial charge in [-0.15, -0.1) is 0 Å². The van der Waals surface area contributed by atoms with Gasteiger partial charge in [0.2, 0.25) is 5.91 Å². The van der Waals surface area contributed by atoms with Gasteiger partial charge in [0, 0.05) is 38.0 Å². The van der Waals surface area contributed by atoms with Crippen LogP contribution in [0.15, 0.2) is 42.7 Å². The third kappa shape index (κ3) is 5.58. The quantitative estimate of drug-likeness (QED) is 0.510. The molecule has 0 fully saturated rings. The Hall–Kier alpha value is -2.89. The molecule has 0 unspecified atom stereocenters. The summed E-state index contributed by atoms with van der Waals surface area (Å²) in [5.41, 5.74) is 1.57. The van der Waals surface area contributed by atoms with Crippen LogP contribution in [-0.2, 0) is 11.3 Å². The number of Topliss-reactive ketones (excluding diaryl/α,β-unsaturated/α-hetero) is 1. The lowest BCUT2D eigenvalue weighted by molar-refractivity contribution is -0.130. The zero-order valence-electron chi connectivity index (χ0n) is 15.4. The summed E-state index contributed by atoms with van der Waals surface area (Å²) in [6.45, 7) is 2.43. The van der Waals surface area contributed by atoms with Gasteiger partial charge in [0.15, 0.2) is 17.3 Å². The molecule has 1 amide bonds. The average molecular weight is 356 g/mol. The van der Waals surface area contributed by atoms with Crippen molar-refractivity contribution in [1.82, 2.24) is 9.88 Å². The molecule has 0 atom stereocenters. The van der Waals surface area contributed by atoms with E-state index >= 15 is 0 Å². The molecule has 6 nitrogen and oxygen atoms in total. The molecule has 0 spiro atoms. The molecule has 0 aliphatic carbocycles. The molecule has 1 aromatic carbocycles. The van der Waals surface area contributed by atoms with Gasteiger partial charge in [0.25, 0.3) is 0 Å². The van der Waals surface area contributed by atoms with Gasteiger partial charge in [0.1, 0.15) is 0 Å². The molecule has 0 aliphatic rings. The van der Waals surface area contributed by atoms with Crippen molar-refractivity contribution in [1.29, 1.82) is 0 Å². The number of carbonyl (C=O) groups excluding carboxylic acids is 2. The summed E-state index contributed by atoms with van der Waals surface area (Å²) in [5, 5.41) is 0. The summed E-state index contributed by atoms with van der Waals surface area (Å²) < 4.78 is 11.0. The van der Waals surface area contributed by atoms with E-state index < -0.39 is 0 Å². The number of hydrogen-bond donors (Lipinski definition) is 0. The Bertz CT molecular complexity index is 747. The van der Waals surface area contributed by atoms with Gasteiger partial charge in [-0.1, -0.05) is 6.07 Å². The van der Waals surface area contributed by atoms with Crippen molar-refractivity contribution in [3.63, 3.8) is 0 Å². The SMILES string of the molecule is COc1cc(C(C)=O)ccc1OCCCC(=O)N(C)Cc1cccnc1. The van der Waals surface area contributed by atoms with Crippen molar-refractivity contribution in [3.05, 3.63) is 53.9 Å². The largest absolute Gasteiger partial charge is 0.493 e. The Morgan fingerprint density at radius 1 is 1.19 bits per heavy atom. The number of pyridine rings is 1. The molecule has 0 saturated heterocycles. The third-order valence-corrected chi connectivity index (χ3v) is 3.93. The number of ether oxygens (including phenoxy) is 2. The molecule has 0 N–H and O–H groups in total. The highest BCUT2D eigenvalue weighted by atomic mass is 16.5. The predicted molar refractivity (Wildman–Crippen MR) is 98.4 cm³/mol. The highest BCUT2D eigenvalue weighted by molar-refractivity contribution is 5.94. The van der Waals surface area contributed by atoms with Crippen molar-refractivity contribution in [2.75, 3.05) is 20.8 Å². The van der Waals surface area contributed by atoms with Crippen LogP contribution < -0.4 is 9.47 Å². The van der Waals surface area contributed by atoms with Crippen LogP contribution >= 0.6 is 0 Å². The monoisotopic (exact) mass is 356 g/mol. The fourth-order valence-corrected chi connectivity index (χ4v) is 2.46. The molecule has 0 saturated carbocycles. The summed E-state index contributed by atoms with van der Waals surface area (Å²) in [6.07, 6.45) is 4.45. The summed E-state index contributed by atoms with van der Waals surface area (Å²) in [7, 11) is 3.31. The van der Waals surface area contributed by atoms with Crippen LogP contribution in [0.4, 0.5) is 0 Å². The number of hydrogen-bond acceptors (Lipinski definition) is 5. The van der Waals surface area contributed by atoms with Gasteiger partial charge in [0.05, 0.1) is 13.7 Å². The predicted octanol–water partition coefficient (Wildman–Crippen LogP) is 3.11. The van der Waals surface area contributed by atoms with Crippen LogP contribution in [0.25, 0.3) is 0 Å². The number of benzene rings is 1. The molecule has 1 aromatic heterocycles. The van der Waals surface area contributed by atoms with Crippen LogP contribution in [-0.4, -0.2) is 42.3 Å². The van der Waals surface area contributed by atoms with Gasteiger partial charge in [-0.2, -0.15) is 0 Å². The maximum absolute atomic E-state index is 12.2. The summed E-state index contributed by atoms with van der Waals surface area (Å²) >= 11 is 0. The second-order valence-electron chi connectivity index (χ2n) is 5.98. The molecular formula is C20H24N2O4. The maximum Gasteiger partial charge on any atom is 0.222 e. The van der Waals surface area contributed by atoms with E-state index in [1.165, 1.54) is 14.0 Å². The van der Waals surface area contributed by atoms with E-state index in [1.54, 1.807) is 42.5 Å². The number of amides is 1. The molecular weight excluding hydrogens is 332 g/mol. The highest BCUT2D eigenvalue weighted by Gasteiger charge is 2.11. The molecule has 26 heavy (non-hydrogen) atoms. The Morgan fingerprint density at radius 2 is 2.00 bits per heavy atom. The second kappa shape index (κ2) is 9.56. The van der Waals surface area contributed by atoms with Crippen molar-refractivity contribution >= 4 is 11.7 Å². The van der Waals surface area contributed by atoms with Gasteiger partial charge in [-0.3, -0.25) is 14.6 Å². The van der Waals surface area contributed by atoms with Crippen molar-refractivity contribution in [3.8, 4) is 11.5 Å². The number of ketones is 1. The number of methoxy groups -OCH3 is 1. The van der Waals surface area contributed by atoms with Crippen LogP contribution in [0.3, 0.4) is 0 Å². The van der Waals surface area contributed by atoms with E-state index in [4.69, 9.17) is 9.47 Å². The Morgan fingerprint density at radius 3 is 2.65 bits per heavy atom. The van der Waals surface area contributed by atoms with Crippen LogP contribution in [0, 0.1) is 0 Å². The highest BCUT2D eigenvalue weighted by Crippen LogP contribution is 2.28. The second-order valence-corrected chi connectivity index (χ2v) is 5.98. The zero-order chi connectivity index (χ0) is 18.9. The first kappa shape index (κ1) is 19.4. The Kier molecular flexibility index (Phi) is 7.14. The Labute approximate surface area is 153 Å². The van der Waals surface area contributed by atoms with Gasteiger partial charge in [-0.25, -0.2) is 0 Å². The van der Waals surface area contributed by atoms with Gasteiger partial charge >= 0.3 is 0 Å². The van der Waals surface area contributed by atoms with Crippen molar-refractivity contribution in [2.24, 2.45) is 0 Å². The number of rotatable bonds is 9. The minimum Gasteiger partial charge on any atom is -0.493 e. The first-order valence-corrected chi connectivity index (χ1v) is 8.46. The lowest BCUT2D eigenvalue weighted by Gasteiger charge is -2.17. The van der Waals surface area contributed by atoms with E-state index in [0.717, 1.165) is 5.56 Å². The maximum atomic E-state index is 12.2. The lowest BCUT2D eigenvalue weighted by Crippen LogP contribution is -2.26. The van der Waals surface area contributed by atoms with E-state index in [0.29, 0.717) is 43.1 Å². The minimum absolute atomic E-state index is 0.0305. The first-order chi connectivity index (χ1) is 12.5. The summed E-state index contributed by atoms with van der Waals surface area (Å²) in [6, 6.07) is 8.87. The van der Waals surface area contributed by atoms with Crippen LogP contribution in [0.5, 0.6) is 11.5 Å². The minimum atomic E-state index is -0.0305. The average Bonchev–Trinajstić information content (AvgIpc) is 2.65. The molecule has 6 heteroatoms. The normalized spacial score (nSPS) is 10.3. The van der Waals surface area contributed by atoms with Crippen LogP contribution in [0.1, 0.15) is 35.7 Å². The topological polar surface area (TPSA) is 68.7 Å². The standard InChI is InChI=1S/C20H24N2O4/c1-15(23)17-8-9-18(19(12-17)25-3)26-11-5-7-20(24)22(2)14-16-6-4-10-21-13-16/h4,6,8-10,12-13H,5,7,11,14H2,1-3H3. The smallest absolute Gasteiger partial charge is 0.222 e. The number of carbonyl (C=O) groups is 2. The molecule has 2 rings (SSSR count). The van der Waals surface area contributed by atoms with E-state index in [2.05, 4.69) is 4.98 Å². The molecule has 1 heterocycles. The summed E-state index contributed by atoms with van der Waals surface area (Å²) in [5.74, 6) is 1.10. The van der Waals surface area contributed by atoms with Crippen molar-refractivity contribution < 1.29 is 19.1 Å². The first-order valence-electron chi connectivity index (χ1n) is 8.46.